The van der Waals surface area contributed by atoms with E-state index in [1.807, 2.05) is 6.07 Å². The zero-order chi connectivity index (χ0) is 17.3. The molecule has 2 aromatic heterocycles. The van der Waals surface area contributed by atoms with Gasteiger partial charge >= 0.3 is 0 Å². The molecule has 4 heterocycles. The van der Waals surface area contributed by atoms with Gasteiger partial charge < -0.3 is 19.5 Å². The van der Waals surface area contributed by atoms with E-state index in [-0.39, 0.29) is 12.4 Å². The molecule has 146 valence electrons. The topological polar surface area (TPSA) is 66.3 Å². The molecule has 3 aromatic rings. The first-order valence-electron chi connectivity index (χ1n) is 9.79. The maximum Gasteiger partial charge on any atom is 0.196 e. The highest BCUT2D eigenvalue weighted by molar-refractivity contribution is 6.04. The van der Waals surface area contributed by atoms with Crippen LogP contribution in [0.5, 0.6) is 0 Å². The Balaban J connectivity index is 0.00000180. The molecule has 0 radical (unpaired) electrons. The number of aromatic nitrogens is 2. The standard InChI is InChI=1S/C20H26N4O2.ClH/c1-2-17-20(23-18(26-17)5-8-24-9-11-25-12-10-24)19-15(13-22-16(1)19)14-3-6-21-7-4-14;/h1-2,13-14,21-22H,3-12H2;1H. The number of nitrogens with zero attached hydrogens (tertiary/aromatic N) is 2. The number of ether oxygens (including phenoxy) is 1. The Morgan fingerprint density at radius 1 is 1.15 bits per heavy atom. The minimum Gasteiger partial charge on any atom is -0.441 e. The van der Waals surface area contributed by atoms with E-state index >= 15 is 0 Å². The van der Waals surface area contributed by atoms with Gasteiger partial charge in [0.15, 0.2) is 11.5 Å². The Morgan fingerprint density at radius 2 is 1.96 bits per heavy atom. The first-order chi connectivity index (χ1) is 12.9. The van der Waals surface area contributed by atoms with Crippen LogP contribution in [-0.4, -0.2) is 60.8 Å². The van der Waals surface area contributed by atoms with Crippen molar-refractivity contribution in [2.45, 2.75) is 25.2 Å². The number of H-pyrrole nitrogens is 1. The number of nitrogens with one attached hydrogen (secondary N) is 2. The van der Waals surface area contributed by atoms with Crippen molar-refractivity contribution in [1.82, 2.24) is 20.2 Å². The molecule has 0 unspecified atom stereocenters. The maximum atomic E-state index is 6.08. The molecule has 5 rings (SSSR count). The SMILES string of the molecule is Cl.c1[nH]c2ccc3oc(CCN4CCOCC4)nc3c2c1C1CCNCC1. The summed E-state index contributed by atoms with van der Waals surface area (Å²) in [5, 5.41) is 4.72. The minimum absolute atomic E-state index is 0. The number of rotatable bonds is 4. The molecule has 0 atom stereocenters. The van der Waals surface area contributed by atoms with Crippen LogP contribution in [0.4, 0.5) is 0 Å². The minimum atomic E-state index is 0. The number of aromatic amines is 1. The van der Waals surface area contributed by atoms with Crippen LogP contribution in [0, 0.1) is 0 Å². The Kier molecular flexibility index (Phi) is 5.68. The van der Waals surface area contributed by atoms with Crippen LogP contribution >= 0.6 is 12.4 Å². The van der Waals surface area contributed by atoms with Crippen molar-refractivity contribution in [3.8, 4) is 0 Å². The van der Waals surface area contributed by atoms with Gasteiger partial charge in [-0.15, -0.1) is 12.4 Å². The summed E-state index contributed by atoms with van der Waals surface area (Å²) >= 11 is 0. The molecule has 2 aliphatic heterocycles. The van der Waals surface area contributed by atoms with Crippen LogP contribution in [0.2, 0.25) is 0 Å². The molecule has 1 aromatic carbocycles. The van der Waals surface area contributed by atoms with Gasteiger partial charge in [0, 0.05) is 43.2 Å². The summed E-state index contributed by atoms with van der Waals surface area (Å²) in [6.07, 6.45) is 5.40. The smallest absolute Gasteiger partial charge is 0.196 e. The van der Waals surface area contributed by atoms with Crippen molar-refractivity contribution in [2.75, 3.05) is 45.9 Å². The quantitative estimate of drug-likeness (QED) is 0.716. The molecule has 0 aliphatic carbocycles. The average molecular weight is 391 g/mol. The monoisotopic (exact) mass is 390 g/mol. The van der Waals surface area contributed by atoms with E-state index < -0.39 is 0 Å². The fraction of sp³-hybridized carbons (Fsp3) is 0.550. The van der Waals surface area contributed by atoms with Gasteiger partial charge in [-0.1, -0.05) is 0 Å². The number of piperidine rings is 1. The highest BCUT2D eigenvalue weighted by Gasteiger charge is 2.22. The normalized spacial score (nSPS) is 19.6. The number of morpholine rings is 1. The lowest BCUT2D eigenvalue weighted by Crippen LogP contribution is -2.37. The fourth-order valence-electron chi connectivity index (χ4n) is 4.32. The van der Waals surface area contributed by atoms with Crippen molar-refractivity contribution in [2.24, 2.45) is 0 Å². The number of hydrogen-bond acceptors (Lipinski definition) is 5. The molecular formula is C20H27ClN4O2. The molecule has 6 nitrogen and oxygen atoms in total. The van der Waals surface area contributed by atoms with Gasteiger partial charge in [-0.3, -0.25) is 4.90 Å². The summed E-state index contributed by atoms with van der Waals surface area (Å²) in [5.41, 5.74) is 4.50. The number of oxazole rings is 1. The van der Waals surface area contributed by atoms with Gasteiger partial charge in [-0.05, 0) is 49.5 Å². The number of fused-ring (bicyclic) bond motifs is 3. The first kappa shape index (κ1) is 18.7. The largest absolute Gasteiger partial charge is 0.441 e. The van der Waals surface area contributed by atoms with Crippen LogP contribution < -0.4 is 5.32 Å². The summed E-state index contributed by atoms with van der Waals surface area (Å²) < 4.78 is 11.5. The van der Waals surface area contributed by atoms with Gasteiger partial charge in [-0.25, -0.2) is 4.98 Å². The zero-order valence-electron chi connectivity index (χ0n) is 15.5. The average Bonchev–Trinajstić information content (AvgIpc) is 3.31. The van der Waals surface area contributed by atoms with Crippen LogP contribution in [0.3, 0.4) is 0 Å². The second kappa shape index (κ2) is 8.19. The Bertz CT molecular complexity index is 894. The lowest BCUT2D eigenvalue weighted by atomic mass is 9.90. The van der Waals surface area contributed by atoms with E-state index in [1.165, 1.54) is 29.3 Å². The van der Waals surface area contributed by atoms with Crippen molar-refractivity contribution >= 4 is 34.4 Å². The van der Waals surface area contributed by atoms with Gasteiger partial charge in [0.1, 0.15) is 5.52 Å². The molecule has 2 fully saturated rings. The van der Waals surface area contributed by atoms with E-state index in [9.17, 15) is 0 Å². The molecule has 2 N–H and O–H groups in total. The van der Waals surface area contributed by atoms with Crippen LogP contribution in [0.25, 0.3) is 22.0 Å². The second-order valence-electron chi connectivity index (χ2n) is 7.41. The Labute approximate surface area is 165 Å². The van der Waals surface area contributed by atoms with Crippen molar-refractivity contribution in [1.29, 1.82) is 0 Å². The molecule has 0 bridgehead atoms. The number of halogens is 1. The summed E-state index contributed by atoms with van der Waals surface area (Å²) in [6.45, 7) is 6.83. The molecule has 0 spiro atoms. The summed E-state index contributed by atoms with van der Waals surface area (Å²) in [5.74, 6) is 1.44. The summed E-state index contributed by atoms with van der Waals surface area (Å²) in [4.78, 5) is 10.8. The third-order valence-electron chi connectivity index (χ3n) is 5.80. The van der Waals surface area contributed by atoms with E-state index in [1.54, 1.807) is 0 Å². The summed E-state index contributed by atoms with van der Waals surface area (Å²) in [7, 11) is 0. The highest BCUT2D eigenvalue weighted by Crippen LogP contribution is 2.35. The third-order valence-corrected chi connectivity index (χ3v) is 5.80. The molecule has 2 aliphatic rings. The highest BCUT2D eigenvalue weighted by atomic mass is 35.5. The van der Waals surface area contributed by atoms with Crippen LogP contribution in [0.15, 0.2) is 22.7 Å². The first-order valence-corrected chi connectivity index (χ1v) is 9.79. The third kappa shape index (κ3) is 3.72. The Morgan fingerprint density at radius 3 is 2.78 bits per heavy atom. The lowest BCUT2D eigenvalue weighted by Gasteiger charge is -2.25. The molecule has 0 amide bonds. The van der Waals surface area contributed by atoms with E-state index in [0.29, 0.717) is 5.92 Å². The predicted octanol–water partition coefficient (Wildman–Crippen LogP) is 3.07. The van der Waals surface area contributed by atoms with Crippen LogP contribution in [0.1, 0.15) is 30.2 Å². The molecular weight excluding hydrogens is 364 g/mol. The molecule has 27 heavy (non-hydrogen) atoms. The number of benzene rings is 1. The molecule has 0 saturated carbocycles. The van der Waals surface area contributed by atoms with E-state index in [4.69, 9.17) is 14.1 Å². The van der Waals surface area contributed by atoms with Crippen molar-refractivity contribution in [3.63, 3.8) is 0 Å². The van der Waals surface area contributed by atoms with Gasteiger partial charge in [-0.2, -0.15) is 0 Å². The fourth-order valence-corrected chi connectivity index (χ4v) is 4.32. The van der Waals surface area contributed by atoms with Crippen molar-refractivity contribution < 1.29 is 9.15 Å². The van der Waals surface area contributed by atoms with Gasteiger partial charge in [0.25, 0.3) is 0 Å². The zero-order valence-corrected chi connectivity index (χ0v) is 16.3. The summed E-state index contributed by atoms with van der Waals surface area (Å²) in [6, 6.07) is 4.17. The van der Waals surface area contributed by atoms with Gasteiger partial charge in [0.05, 0.1) is 13.2 Å². The van der Waals surface area contributed by atoms with E-state index in [0.717, 1.165) is 69.3 Å². The van der Waals surface area contributed by atoms with Crippen LogP contribution in [-0.2, 0) is 11.2 Å². The number of hydrogen-bond donors (Lipinski definition) is 2. The van der Waals surface area contributed by atoms with Crippen molar-refractivity contribution in [3.05, 3.63) is 29.8 Å². The van der Waals surface area contributed by atoms with Gasteiger partial charge in [0.2, 0.25) is 0 Å². The molecule has 7 heteroatoms. The maximum absolute atomic E-state index is 6.08. The van der Waals surface area contributed by atoms with E-state index in [2.05, 4.69) is 27.5 Å². The Hall–Kier alpha value is -1.60. The predicted molar refractivity (Wildman–Crippen MR) is 109 cm³/mol. The lowest BCUT2D eigenvalue weighted by molar-refractivity contribution is 0.0378. The second-order valence-corrected chi connectivity index (χ2v) is 7.41. The molecule has 2 saturated heterocycles.